The van der Waals surface area contributed by atoms with E-state index in [2.05, 4.69) is 21.4 Å². The van der Waals surface area contributed by atoms with Crippen LogP contribution < -0.4 is 10.6 Å². The third kappa shape index (κ3) is 8.71. The summed E-state index contributed by atoms with van der Waals surface area (Å²) >= 11 is 5.15. The lowest BCUT2D eigenvalue weighted by Crippen LogP contribution is -2.49. The van der Waals surface area contributed by atoms with Gasteiger partial charge in [-0.15, -0.1) is 12.4 Å². The van der Waals surface area contributed by atoms with Crippen LogP contribution in [-0.2, 0) is 9.47 Å². The Morgan fingerprint density at radius 2 is 2.29 bits per heavy atom. The molecule has 0 radical (unpaired) electrons. The summed E-state index contributed by atoms with van der Waals surface area (Å²) in [7, 11) is 4.09. The Balaban J connectivity index is 0.00000220. The van der Waals surface area contributed by atoms with Crippen LogP contribution >= 0.6 is 46.2 Å². The molecule has 2 heterocycles. The van der Waals surface area contributed by atoms with Crippen molar-refractivity contribution in [2.45, 2.75) is 43.6 Å². The molecule has 2 aliphatic heterocycles. The van der Waals surface area contributed by atoms with Gasteiger partial charge < -0.3 is 20.1 Å². The average molecular weight is 373 g/mol. The van der Waals surface area contributed by atoms with Gasteiger partial charge >= 0.3 is 0 Å². The van der Waals surface area contributed by atoms with Crippen LogP contribution in [0.2, 0.25) is 0 Å². The number of morpholine rings is 1. The monoisotopic (exact) mass is 372 g/mol. The van der Waals surface area contributed by atoms with Gasteiger partial charge in [0.15, 0.2) is 0 Å². The van der Waals surface area contributed by atoms with E-state index in [1.807, 2.05) is 10.8 Å². The summed E-state index contributed by atoms with van der Waals surface area (Å²) in [5, 5.41) is 7.67. The lowest BCUT2D eigenvalue weighted by atomic mass is 10.1. The minimum atomic E-state index is -0.0480. The maximum atomic E-state index is 5.52. The van der Waals surface area contributed by atoms with Crippen LogP contribution in [0.15, 0.2) is 0 Å². The molecule has 0 saturated carbocycles. The topological polar surface area (TPSA) is 42.5 Å². The highest BCUT2D eigenvalue weighted by Gasteiger charge is 2.16. The molecule has 2 atom stereocenters. The van der Waals surface area contributed by atoms with Gasteiger partial charge in [-0.05, 0) is 31.5 Å². The molecule has 2 saturated heterocycles. The zero-order valence-electron chi connectivity index (χ0n) is 12.2. The molecular formula is C13H25ClN2O2S3. The molecule has 0 aliphatic carbocycles. The van der Waals surface area contributed by atoms with Crippen molar-refractivity contribution in [2.24, 2.45) is 0 Å². The normalized spacial score (nSPS) is 25.1. The summed E-state index contributed by atoms with van der Waals surface area (Å²) in [5.74, 6) is 1.33. The molecule has 21 heavy (non-hydrogen) atoms. The molecule has 0 bridgehead atoms. The average Bonchev–Trinajstić information content (AvgIpc) is 2.97. The Morgan fingerprint density at radius 3 is 3.00 bits per heavy atom. The fourth-order valence-corrected chi connectivity index (χ4v) is 5.45. The Morgan fingerprint density at radius 1 is 1.38 bits per heavy atom. The fourth-order valence-electron chi connectivity index (χ4n) is 2.21. The van der Waals surface area contributed by atoms with Crippen molar-refractivity contribution in [3.8, 4) is 0 Å². The van der Waals surface area contributed by atoms with Crippen molar-refractivity contribution in [2.75, 3.05) is 32.1 Å². The van der Waals surface area contributed by atoms with Gasteiger partial charge in [-0.2, -0.15) is 0 Å². The molecule has 2 N–H and O–H groups in total. The van der Waals surface area contributed by atoms with Gasteiger partial charge in [0, 0.05) is 24.1 Å². The quantitative estimate of drug-likeness (QED) is 0.404. The number of halogens is 1. The van der Waals surface area contributed by atoms with Crippen LogP contribution in [-0.4, -0.2) is 48.7 Å². The highest BCUT2D eigenvalue weighted by atomic mass is 35.5. The molecule has 0 amide bonds. The van der Waals surface area contributed by atoms with E-state index in [9.17, 15) is 0 Å². The standard InChI is InChI=1S/C13H24N2O2S3.ClH/c18-13(15-12-10-14-6-8-16-12)17-7-3-1-2-4-11-5-9-19-20-11;/h11-12,14H,1-10H2,(H,15,18);1H. The minimum absolute atomic E-state index is 0. The molecule has 0 spiro atoms. The van der Waals surface area contributed by atoms with E-state index >= 15 is 0 Å². The largest absolute Gasteiger partial charge is 0.471 e. The van der Waals surface area contributed by atoms with Crippen molar-refractivity contribution < 1.29 is 9.47 Å². The highest BCUT2D eigenvalue weighted by molar-refractivity contribution is 8.77. The minimum Gasteiger partial charge on any atom is -0.471 e. The number of thiocarbonyl (C=S) groups is 1. The first-order valence-corrected chi connectivity index (χ1v) is 10.2. The van der Waals surface area contributed by atoms with Crippen molar-refractivity contribution in [3.05, 3.63) is 0 Å². The molecular weight excluding hydrogens is 348 g/mol. The van der Waals surface area contributed by atoms with E-state index in [4.69, 9.17) is 21.7 Å². The van der Waals surface area contributed by atoms with Crippen LogP contribution in [0.3, 0.4) is 0 Å². The zero-order valence-corrected chi connectivity index (χ0v) is 15.4. The van der Waals surface area contributed by atoms with Gasteiger partial charge in [0.25, 0.3) is 5.17 Å². The van der Waals surface area contributed by atoms with Crippen LogP contribution in [0.4, 0.5) is 0 Å². The second-order valence-electron chi connectivity index (χ2n) is 5.02. The highest BCUT2D eigenvalue weighted by Crippen LogP contribution is 2.39. The summed E-state index contributed by atoms with van der Waals surface area (Å²) in [4.78, 5) is 0. The van der Waals surface area contributed by atoms with E-state index in [0.717, 1.165) is 31.4 Å². The second-order valence-corrected chi connectivity index (χ2v) is 8.18. The van der Waals surface area contributed by atoms with Crippen LogP contribution in [0.25, 0.3) is 0 Å². The molecule has 2 unspecified atom stereocenters. The SMILES string of the molecule is Cl.S=C(NC1CNCCO1)OCCCCCC1CCSS1. The van der Waals surface area contributed by atoms with Gasteiger partial charge in [0.05, 0.1) is 13.2 Å². The Labute approximate surface area is 147 Å². The zero-order chi connectivity index (χ0) is 14.0. The Kier molecular flexibility index (Phi) is 11.3. The summed E-state index contributed by atoms with van der Waals surface area (Å²) in [6.45, 7) is 3.11. The van der Waals surface area contributed by atoms with E-state index in [1.54, 1.807) is 0 Å². The number of hydrogen-bond donors (Lipinski definition) is 2. The third-order valence-corrected chi connectivity index (χ3v) is 6.58. The molecule has 2 rings (SSSR count). The maximum Gasteiger partial charge on any atom is 0.258 e. The lowest BCUT2D eigenvalue weighted by Gasteiger charge is -2.25. The summed E-state index contributed by atoms with van der Waals surface area (Å²) < 4.78 is 11.0. The van der Waals surface area contributed by atoms with Gasteiger partial charge in [-0.25, -0.2) is 0 Å². The van der Waals surface area contributed by atoms with Gasteiger partial charge in [0.2, 0.25) is 0 Å². The van der Waals surface area contributed by atoms with Crippen LogP contribution in [0.5, 0.6) is 0 Å². The predicted octanol–water partition coefficient (Wildman–Crippen LogP) is 2.96. The molecule has 0 aromatic carbocycles. The Hall–Kier alpha value is 0.600. The number of unbranched alkanes of at least 4 members (excludes halogenated alkanes) is 2. The predicted molar refractivity (Wildman–Crippen MR) is 98.5 cm³/mol. The van der Waals surface area contributed by atoms with Crippen molar-refractivity contribution in [1.82, 2.24) is 10.6 Å². The molecule has 0 aromatic rings. The van der Waals surface area contributed by atoms with Crippen LogP contribution in [0, 0.1) is 0 Å². The number of nitrogens with one attached hydrogen (secondary N) is 2. The summed E-state index contributed by atoms with van der Waals surface area (Å²) in [6.07, 6.45) is 6.30. The van der Waals surface area contributed by atoms with Gasteiger partial charge in [0.1, 0.15) is 6.23 Å². The van der Waals surface area contributed by atoms with Gasteiger partial charge in [-0.3, -0.25) is 0 Å². The number of hydrogen-bond acceptors (Lipinski definition) is 6. The lowest BCUT2D eigenvalue weighted by molar-refractivity contribution is 0.0157. The van der Waals surface area contributed by atoms with E-state index in [-0.39, 0.29) is 18.6 Å². The van der Waals surface area contributed by atoms with E-state index in [1.165, 1.54) is 31.4 Å². The molecule has 0 aromatic heterocycles. The first kappa shape index (κ1) is 19.6. The Bertz CT molecular complexity index is 289. The molecule has 4 nitrogen and oxygen atoms in total. The number of ether oxygens (including phenoxy) is 2. The molecule has 2 aliphatic rings. The smallest absolute Gasteiger partial charge is 0.258 e. The fraction of sp³-hybridized carbons (Fsp3) is 0.923. The maximum absolute atomic E-state index is 5.52. The third-order valence-electron chi connectivity index (χ3n) is 3.34. The first-order chi connectivity index (χ1) is 9.84. The van der Waals surface area contributed by atoms with Crippen LogP contribution in [0.1, 0.15) is 32.1 Å². The van der Waals surface area contributed by atoms with Gasteiger partial charge in [-0.1, -0.05) is 34.4 Å². The second kappa shape index (κ2) is 12.1. The van der Waals surface area contributed by atoms with Crippen molar-refractivity contribution >= 4 is 51.4 Å². The first-order valence-electron chi connectivity index (χ1n) is 7.38. The van der Waals surface area contributed by atoms with Crippen molar-refractivity contribution in [1.29, 1.82) is 0 Å². The van der Waals surface area contributed by atoms with Crippen molar-refractivity contribution in [3.63, 3.8) is 0 Å². The molecule has 2 fully saturated rings. The molecule has 124 valence electrons. The number of rotatable bonds is 7. The molecule has 8 heteroatoms. The summed E-state index contributed by atoms with van der Waals surface area (Å²) in [6, 6.07) is 0. The van der Waals surface area contributed by atoms with E-state index in [0.29, 0.717) is 11.8 Å². The van der Waals surface area contributed by atoms with E-state index < -0.39 is 0 Å². The summed E-state index contributed by atoms with van der Waals surface area (Å²) in [5.41, 5.74) is 0.